The van der Waals surface area contributed by atoms with Crippen molar-refractivity contribution in [1.82, 2.24) is 10.6 Å². The zero-order valence-corrected chi connectivity index (χ0v) is 14.8. The van der Waals surface area contributed by atoms with E-state index >= 15 is 0 Å². The van der Waals surface area contributed by atoms with E-state index < -0.39 is 0 Å². The normalized spacial score (nSPS) is 10.3. The fourth-order valence-electron chi connectivity index (χ4n) is 2.57. The molecule has 0 spiro atoms. The van der Waals surface area contributed by atoms with E-state index in [1.807, 2.05) is 18.2 Å². The van der Waals surface area contributed by atoms with Gasteiger partial charge in [0.15, 0.2) is 0 Å². The summed E-state index contributed by atoms with van der Waals surface area (Å²) in [5, 5.41) is 5.75. The molecule has 2 amide bonds. The number of hydrogen-bond acceptors (Lipinski definition) is 2. The summed E-state index contributed by atoms with van der Waals surface area (Å²) in [5.74, 6) is -0.290. The van der Waals surface area contributed by atoms with Crippen LogP contribution in [-0.4, -0.2) is 24.9 Å². The molecule has 0 aliphatic carbocycles. The van der Waals surface area contributed by atoms with Crippen LogP contribution in [0.2, 0.25) is 0 Å². The van der Waals surface area contributed by atoms with Gasteiger partial charge in [-0.3, -0.25) is 9.59 Å². The van der Waals surface area contributed by atoms with Crippen molar-refractivity contribution in [3.63, 3.8) is 0 Å². The second-order valence-corrected chi connectivity index (χ2v) is 6.16. The van der Waals surface area contributed by atoms with Crippen molar-refractivity contribution >= 4 is 11.8 Å². The third-order valence-electron chi connectivity index (χ3n) is 4.05. The Morgan fingerprint density at radius 3 is 2.27 bits per heavy atom. The summed E-state index contributed by atoms with van der Waals surface area (Å²) in [6, 6.07) is 15.4. The lowest BCUT2D eigenvalue weighted by Gasteiger charge is -2.07. The second-order valence-electron chi connectivity index (χ2n) is 6.16. The fourth-order valence-corrected chi connectivity index (χ4v) is 2.57. The van der Waals surface area contributed by atoms with Gasteiger partial charge in [0, 0.05) is 25.1 Å². The number of unbranched alkanes of at least 4 members (excludes halogenated alkanes) is 2. The van der Waals surface area contributed by atoms with Gasteiger partial charge in [-0.05, 0) is 49.1 Å². The van der Waals surface area contributed by atoms with E-state index in [1.54, 1.807) is 24.3 Å². The van der Waals surface area contributed by atoms with E-state index in [0.29, 0.717) is 31.5 Å². The maximum absolute atomic E-state index is 12.8. The average Bonchev–Trinajstić information content (AvgIpc) is 2.66. The molecule has 0 aromatic heterocycles. The molecular weight excluding hydrogens is 331 g/mol. The van der Waals surface area contributed by atoms with Gasteiger partial charge in [0.25, 0.3) is 5.91 Å². The Hall–Kier alpha value is -2.69. The fraction of sp³-hybridized carbons (Fsp3) is 0.333. The molecule has 0 radical (unpaired) electrons. The Morgan fingerprint density at radius 2 is 1.54 bits per heavy atom. The molecule has 2 rings (SSSR count). The molecule has 4 nitrogen and oxygen atoms in total. The van der Waals surface area contributed by atoms with Gasteiger partial charge in [0.05, 0.1) is 0 Å². The highest BCUT2D eigenvalue weighted by Gasteiger charge is 2.04. The van der Waals surface area contributed by atoms with Crippen LogP contribution in [0.4, 0.5) is 4.39 Å². The second kappa shape index (κ2) is 11.0. The molecule has 0 heterocycles. The number of hydrogen-bond donors (Lipinski definition) is 2. The summed E-state index contributed by atoms with van der Waals surface area (Å²) in [6.45, 7) is 1.16. The van der Waals surface area contributed by atoms with Crippen LogP contribution in [0, 0.1) is 5.82 Å². The molecular formula is C21H25FN2O2. The first-order chi connectivity index (χ1) is 12.6. The van der Waals surface area contributed by atoms with Gasteiger partial charge in [-0.1, -0.05) is 36.8 Å². The molecule has 26 heavy (non-hydrogen) atoms. The highest BCUT2D eigenvalue weighted by molar-refractivity contribution is 5.94. The largest absolute Gasteiger partial charge is 0.356 e. The summed E-state index contributed by atoms with van der Waals surface area (Å²) < 4.78 is 12.8. The third kappa shape index (κ3) is 7.47. The Bertz CT molecular complexity index is 687. The minimum atomic E-state index is -0.252. The first-order valence-corrected chi connectivity index (χ1v) is 8.99. The molecule has 138 valence electrons. The maximum atomic E-state index is 12.8. The number of rotatable bonds is 10. The van der Waals surface area contributed by atoms with Crippen molar-refractivity contribution in [1.29, 1.82) is 0 Å². The summed E-state index contributed by atoms with van der Waals surface area (Å²) in [4.78, 5) is 23.6. The van der Waals surface area contributed by atoms with Gasteiger partial charge in [-0.15, -0.1) is 0 Å². The number of carbonyl (C=O) groups is 2. The molecule has 0 saturated heterocycles. The van der Waals surface area contributed by atoms with Crippen molar-refractivity contribution < 1.29 is 14.0 Å². The Balaban J connectivity index is 1.48. The lowest BCUT2D eigenvalue weighted by atomic mass is 10.1. The Morgan fingerprint density at radius 1 is 0.808 bits per heavy atom. The number of carbonyl (C=O) groups excluding carboxylic acids is 2. The molecule has 0 atom stereocenters. The van der Waals surface area contributed by atoms with E-state index in [2.05, 4.69) is 10.6 Å². The van der Waals surface area contributed by atoms with Crippen LogP contribution in [0.3, 0.4) is 0 Å². The molecule has 0 unspecified atom stereocenters. The van der Waals surface area contributed by atoms with Crippen LogP contribution in [0.15, 0.2) is 54.6 Å². The zero-order valence-electron chi connectivity index (χ0n) is 14.8. The number of benzene rings is 2. The standard InChI is InChI=1S/C21H25FN2O2/c22-19-12-10-17(11-13-19)14-16-23-20(25)9-5-2-6-15-24-21(26)18-7-3-1-4-8-18/h1,3-4,7-8,10-13H,2,5-6,9,14-16H2,(H,23,25)(H,24,26). The van der Waals surface area contributed by atoms with Crippen molar-refractivity contribution in [2.45, 2.75) is 32.1 Å². The number of halogens is 1. The van der Waals surface area contributed by atoms with E-state index in [0.717, 1.165) is 24.8 Å². The average molecular weight is 356 g/mol. The predicted molar refractivity (Wildman–Crippen MR) is 100 cm³/mol. The lowest BCUT2D eigenvalue weighted by molar-refractivity contribution is -0.121. The van der Waals surface area contributed by atoms with Gasteiger partial charge in [0.1, 0.15) is 5.82 Å². The predicted octanol–water partition coefficient (Wildman–Crippen LogP) is 3.47. The van der Waals surface area contributed by atoms with Crippen LogP contribution < -0.4 is 10.6 Å². The van der Waals surface area contributed by atoms with E-state index in [1.165, 1.54) is 12.1 Å². The Labute approximate surface area is 153 Å². The van der Waals surface area contributed by atoms with Crippen LogP contribution in [0.5, 0.6) is 0 Å². The third-order valence-corrected chi connectivity index (χ3v) is 4.05. The molecule has 0 fully saturated rings. The van der Waals surface area contributed by atoms with Gasteiger partial charge in [-0.25, -0.2) is 4.39 Å². The van der Waals surface area contributed by atoms with Gasteiger partial charge >= 0.3 is 0 Å². The van der Waals surface area contributed by atoms with Gasteiger partial charge in [0.2, 0.25) is 5.91 Å². The zero-order chi connectivity index (χ0) is 18.6. The topological polar surface area (TPSA) is 58.2 Å². The van der Waals surface area contributed by atoms with Crippen molar-refractivity contribution in [2.75, 3.05) is 13.1 Å². The van der Waals surface area contributed by atoms with Gasteiger partial charge < -0.3 is 10.6 Å². The first kappa shape index (κ1) is 19.6. The lowest BCUT2D eigenvalue weighted by Crippen LogP contribution is -2.26. The molecule has 2 aromatic rings. The molecule has 5 heteroatoms. The van der Waals surface area contributed by atoms with Crippen LogP contribution in [-0.2, 0) is 11.2 Å². The van der Waals surface area contributed by atoms with E-state index in [9.17, 15) is 14.0 Å². The molecule has 0 aliphatic rings. The van der Waals surface area contributed by atoms with Crippen LogP contribution in [0.1, 0.15) is 41.6 Å². The summed E-state index contributed by atoms with van der Waals surface area (Å²) >= 11 is 0. The summed E-state index contributed by atoms with van der Waals surface area (Å²) in [5.41, 5.74) is 1.66. The highest BCUT2D eigenvalue weighted by Crippen LogP contribution is 2.04. The molecule has 0 saturated carbocycles. The number of amides is 2. The van der Waals surface area contributed by atoms with Crippen LogP contribution >= 0.6 is 0 Å². The minimum absolute atomic E-state index is 0.0282. The Kier molecular flexibility index (Phi) is 8.33. The van der Waals surface area contributed by atoms with E-state index in [4.69, 9.17) is 0 Å². The quantitative estimate of drug-likeness (QED) is 0.641. The van der Waals surface area contributed by atoms with Crippen LogP contribution in [0.25, 0.3) is 0 Å². The van der Waals surface area contributed by atoms with Crippen molar-refractivity contribution in [3.8, 4) is 0 Å². The minimum Gasteiger partial charge on any atom is -0.356 e. The van der Waals surface area contributed by atoms with Gasteiger partial charge in [-0.2, -0.15) is 0 Å². The monoisotopic (exact) mass is 356 g/mol. The first-order valence-electron chi connectivity index (χ1n) is 8.99. The number of nitrogens with one attached hydrogen (secondary N) is 2. The molecule has 0 aliphatic heterocycles. The maximum Gasteiger partial charge on any atom is 0.251 e. The molecule has 2 N–H and O–H groups in total. The van der Waals surface area contributed by atoms with E-state index in [-0.39, 0.29) is 17.6 Å². The summed E-state index contributed by atoms with van der Waals surface area (Å²) in [7, 11) is 0. The highest BCUT2D eigenvalue weighted by atomic mass is 19.1. The summed E-state index contributed by atoms with van der Waals surface area (Å²) in [6.07, 6.45) is 3.71. The SMILES string of the molecule is O=C(CCCCCNC(=O)c1ccccc1)NCCc1ccc(F)cc1. The smallest absolute Gasteiger partial charge is 0.251 e. The molecule has 0 bridgehead atoms. The van der Waals surface area contributed by atoms with Crippen molar-refractivity contribution in [3.05, 3.63) is 71.5 Å². The molecule has 2 aromatic carbocycles. The van der Waals surface area contributed by atoms with Crippen molar-refractivity contribution in [2.24, 2.45) is 0 Å².